The zero-order valence-corrected chi connectivity index (χ0v) is 10.0. The molecule has 0 N–H and O–H groups in total. The molecule has 2 heterocycles. The lowest BCUT2D eigenvalue weighted by Crippen LogP contribution is -1.90. The van der Waals surface area contributed by atoms with Crippen molar-refractivity contribution in [2.75, 3.05) is 0 Å². The molecular formula is C10H9Cl2N3O. The summed E-state index contributed by atoms with van der Waals surface area (Å²) in [6.45, 7) is 0. The van der Waals surface area contributed by atoms with Gasteiger partial charge in [0.2, 0.25) is 5.88 Å². The van der Waals surface area contributed by atoms with Gasteiger partial charge in [-0.3, -0.25) is 4.68 Å². The number of hydrogen-bond acceptors (Lipinski definition) is 3. The van der Waals surface area contributed by atoms with Crippen molar-refractivity contribution in [3.8, 4) is 11.6 Å². The van der Waals surface area contributed by atoms with Crippen LogP contribution in [0.5, 0.6) is 11.6 Å². The zero-order valence-electron chi connectivity index (χ0n) is 8.52. The first-order valence-corrected chi connectivity index (χ1v) is 5.47. The first-order chi connectivity index (χ1) is 7.69. The summed E-state index contributed by atoms with van der Waals surface area (Å²) in [5, 5.41) is 4.52. The van der Waals surface area contributed by atoms with Crippen LogP contribution < -0.4 is 4.74 Å². The van der Waals surface area contributed by atoms with Crippen LogP contribution in [-0.4, -0.2) is 14.8 Å². The van der Waals surface area contributed by atoms with Gasteiger partial charge in [0.1, 0.15) is 0 Å². The number of pyridine rings is 1. The maximum absolute atomic E-state index is 5.88. The molecule has 0 fully saturated rings. The normalized spacial score (nSPS) is 10.4. The van der Waals surface area contributed by atoms with Crippen molar-refractivity contribution in [1.29, 1.82) is 0 Å². The van der Waals surface area contributed by atoms with Crippen molar-refractivity contribution in [2.45, 2.75) is 5.88 Å². The summed E-state index contributed by atoms with van der Waals surface area (Å²) in [4.78, 5) is 4.04. The van der Waals surface area contributed by atoms with Gasteiger partial charge in [-0.25, -0.2) is 4.98 Å². The molecule has 0 aromatic carbocycles. The first-order valence-electron chi connectivity index (χ1n) is 4.56. The Morgan fingerprint density at radius 1 is 1.44 bits per heavy atom. The standard InChI is InChI=1S/C10H9Cl2N3O/c1-15-6-8(4-14-15)16-10-2-7(3-11)9(12)5-13-10/h2,4-6H,3H2,1H3. The highest BCUT2D eigenvalue weighted by atomic mass is 35.5. The Morgan fingerprint density at radius 3 is 2.88 bits per heavy atom. The Balaban J connectivity index is 2.21. The Morgan fingerprint density at radius 2 is 2.25 bits per heavy atom. The number of hydrogen-bond donors (Lipinski definition) is 0. The van der Waals surface area contributed by atoms with E-state index in [2.05, 4.69) is 10.1 Å². The summed E-state index contributed by atoms with van der Waals surface area (Å²) in [5.41, 5.74) is 0.789. The summed E-state index contributed by atoms with van der Waals surface area (Å²) in [6, 6.07) is 1.71. The van der Waals surface area contributed by atoms with E-state index < -0.39 is 0 Å². The largest absolute Gasteiger partial charge is 0.436 e. The lowest BCUT2D eigenvalue weighted by atomic mass is 10.3. The average Bonchev–Trinajstić information content (AvgIpc) is 2.67. The van der Waals surface area contributed by atoms with E-state index >= 15 is 0 Å². The van der Waals surface area contributed by atoms with Gasteiger partial charge in [0, 0.05) is 25.2 Å². The lowest BCUT2D eigenvalue weighted by molar-refractivity contribution is 0.462. The van der Waals surface area contributed by atoms with Gasteiger partial charge in [-0.15, -0.1) is 11.6 Å². The van der Waals surface area contributed by atoms with Crippen LogP contribution in [0.25, 0.3) is 0 Å². The first kappa shape index (κ1) is 11.2. The molecule has 0 aliphatic carbocycles. The van der Waals surface area contributed by atoms with E-state index in [9.17, 15) is 0 Å². The second-order valence-corrected chi connectivity index (χ2v) is 3.87. The molecule has 84 valence electrons. The fourth-order valence-corrected chi connectivity index (χ4v) is 1.65. The fraction of sp³-hybridized carbons (Fsp3) is 0.200. The maximum Gasteiger partial charge on any atom is 0.219 e. The van der Waals surface area contributed by atoms with Crippen molar-refractivity contribution in [3.05, 3.63) is 35.2 Å². The van der Waals surface area contributed by atoms with E-state index in [0.717, 1.165) is 5.56 Å². The highest BCUT2D eigenvalue weighted by Gasteiger charge is 2.05. The Hall–Kier alpha value is -1.26. The van der Waals surface area contributed by atoms with Crippen LogP contribution >= 0.6 is 23.2 Å². The zero-order chi connectivity index (χ0) is 11.5. The molecule has 2 rings (SSSR count). The third kappa shape index (κ3) is 2.46. The second kappa shape index (κ2) is 4.72. The molecule has 6 heteroatoms. The van der Waals surface area contributed by atoms with Gasteiger partial charge in [-0.1, -0.05) is 11.6 Å². The summed E-state index contributed by atoms with van der Waals surface area (Å²) in [5.74, 6) is 1.40. The number of nitrogens with zero attached hydrogens (tertiary/aromatic N) is 3. The summed E-state index contributed by atoms with van der Waals surface area (Å²) in [7, 11) is 1.81. The van der Waals surface area contributed by atoms with Crippen molar-refractivity contribution >= 4 is 23.2 Å². The number of ether oxygens (including phenoxy) is 1. The van der Waals surface area contributed by atoms with Gasteiger partial charge in [0.05, 0.1) is 17.4 Å². The number of halogens is 2. The molecule has 2 aromatic rings. The quantitative estimate of drug-likeness (QED) is 0.794. The molecule has 0 saturated heterocycles. The van der Waals surface area contributed by atoms with Crippen LogP contribution in [0.3, 0.4) is 0 Å². The third-order valence-corrected chi connectivity index (χ3v) is 2.59. The molecule has 0 radical (unpaired) electrons. The van der Waals surface area contributed by atoms with Gasteiger partial charge in [0.15, 0.2) is 5.75 Å². The molecule has 0 amide bonds. The van der Waals surface area contributed by atoms with Crippen molar-refractivity contribution in [2.24, 2.45) is 7.05 Å². The molecule has 0 unspecified atom stereocenters. The van der Waals surface area contributed by atoms with Gasteiger partial charge in [-0.05, 0) is 5.56 Å². The van der Waals surface area contributed by atoms with Crippen LogP contribution in [0.2, 0.25) is 5.02 Å². The predicted molar refractivity (Wildman–Crippen MR) is 62.1 cm³/mol. The van der Waals surface area contributed by atoms with E-state index in [4.69, 9.17) is 27.9 Å². The summed E-state index contributed by atoms with van der Waals surface area (Å²) >= 11 is 11.6. The Bertz CT molecular complexity index is 499. The highest BCUT2D eigenvalue weighted by Crippen LogP contribution is 2.24. The third-order valence-electron chi connectivity index (χ3n) is 1.96. The van der Waals surface area contributed by atoms with Crippen LogP contribution in [0, 0.1) is 0 Å². The summed E-state index contributed by atoms with van der Waals surface area (Å²) < 4.78 is 7.13. The van der Waals surface area contributed by atoms with E-state index in [0.29, 0.717) is 22.5 Å². The highest BCUT2D eigenvalue weighted by molar-refractivity contribution is 6.32. The molecule has 0 spiro atoms. The van der Waals surface area contributed by atoms with Crippen LogP contribution in [0.1, 0.15) is 5.56 Å². The van der Waals surface area contributed by atoms with Crippen LogP contribution in [-0.2, 0) is 12.9 Å². The molecule has 0 aliphatic rings. The van der Waals surface area contributed by atoms with Crippen molar-refractivity contribution < 1.29 is 4.74 Å². The van der Waals surface area contributed by atoms with Crippen molar-refractivity contribution in [1.82, 2.24) is 14.8 Å². The van der Waals surface area contributed by atoms with E-state index in [-0.39, 0.29) is 0 Å². The minimum atomic E-state index is 0.324. The molecule has 4 nitrogen and oxygen atoms in total. The molecular weight excluding hydrogens is 249 g/mol. The molecule has 2 aromatic heterocycles. The van der Waals surface area contributed by atoms with Gasteiger partial charge in [0.25, 0.3) is 0 Å². The molecule has 16 heavy (non-hydrogen) atoms. The number of aromatic nitrogens is 3. The lowest BCUT2D eigenvalue weighted by Gasteiger charge is -2.04. The fourth-order valence-electron chi connectivity index (χ4n) is 1.19. The minimum absolute atomic E-state index is 0.324. The molecule has 0 saturated carbocycles. The minimum Gasteiger partial charge on any atom is -0.436 e. The Labute approximate surface area is 103 Å². The topological polar surface area (TPSA) is 39.9 Å². The SMILES string of the molecule is Cn1cc(Oc2cc(CCl)c(Cl)cn2)cn1. The van der Waals surface area contributed by atoms with Crippen molar-refractivity contribution in [3.63, 3.8) is 0 Å². The molecule has 0 atom stereocenters. The molecule has 0 aliphatic heterocycles. The van der Waals surface area contributed by atoms with E-state index in [1.165, 1.54) is 6.20 Å². The van der Waals surface area contributed by atoms with E-state index in [1.807, 2.05) is 7.05 Å². The number of alkyl halides is 1. The van der Waals surface area contributed by atoms with Gasteiger partial charge in [-0.2, -0.15) is 5.10 Å². The van der Waals surface area contributed by atoms with Crippen LogP contribution in [0.4, 0.5) is 0 Å². The smallest absolute Gasteiger partial charge is 0.219 e. The molecule has 0 bridgehead atoms. The van der Waals surface area contributed by atoms with E-state index in [1.54, 1.807) is 23.1 Å². The summed E-state index contributed by atoms with van der Waals surface area (Å²) in [6.07, 6.45) is 4.87. The second-order valence-electron chi connectivity index (χ2n) is 3.20. The van der Waals surface area contributed by atoms with Gasteiger partial charge < -0.3 is 4.74 Å². The number of aryl methyl sites for hydroxylation is 1. The number of rotatable bonds is 3. The Kier molecular flexibility index (Phi) is 3.31. The maximum atomic E-state index is 5.88. The van der Waals surface area contributed by atoms with Gasteiger partial charge >= 0.3 is 0 Å². The van der Waals surface area contributed by atoms with Crippen LogP contribution in [0.15, 0.2) is 24.7 Å². The predicted octanol–water partition coefficient (Wildman–Crippen LogP) is 3.00. The monoisotopic (exact) mass is 257 g/mol. The average molecular weight is 258 g/mol.